The average Bonchev–Trinajstić information content (AvgIpc) is 3.48. The first kappa shape index (κ1) is 19.4. The maximum absolute atomic E-state index is 4.38. The fourth-order valence-electron chi connectivity index (χ4n) is 3.51. The van der Waals surface area contributed by atoms with Gasteiger partial charge in [0.15, 0.2) is 0 Å². The van der Waals surface area contributed by atoms with E-state index in [2.05, 4.69) is 67.0 Å². The van der Waals surface area contributed by atoms with Crippen molar-refractivity contribution in [1.82, 2.24) is 21.5 Å². The first-order chi connectivity index (χ1) is 14.8. The van der Waals surface area contributed by atoms with E-state index in [4.69, 9.17) is 0 Å². The number of nitrogens with one attached hydrogen (secondary N) is 4. The normalized spacial score (nSPS) is 15.7. The quantitative estimate of drug-likeness (QED) is 0.440. The molecule has 0 aliphatic carbocycles. The molecule has 8 nitrogen and oxygen atoms in total. The van der Waals surface area contributed by atoms with E-state index in [0.29, 0.717) is 11.9 Å². The van der Waals surface area contributed by atoms with Crippen LogP contribution in [0.2, 0.25) is 0 Å². The molecule has 2 heterocycles. The Kier molecular flexibility index (Phi) is 5.84. The fourth-order valence-corrected chi connectivity index (χ4v) is 3.51. The van der Waals surface area contributed by atoms with E-state index in [0.717, 1.165) is 59.2 Å². The van der Waals surface area contributed by atoms with Crippen LogP contribution in [-0.2, 0) is 0 Å². The van der Waals surface area contributed by atoms with E-state index in [9.17, 15) is 0 Å². The molecule has 0 bridgehead atoms. The van der Waals surface area contributed by atoms with E-state index in [1.165, 1.54) is 0 Å². The lowest BCUT2D eigenvalue weighted by atomic mass is 9.89. The lowest BCUT2D eigenvalue weighted by Gasteiger charge is -2.15. The van der Waals surface area contributed by atoms with Crippen LogP contribution in [0.4, 0.5) is 0 Å². The Hall–Kier alpha value is -3.94. The Bertz CT molecular complexity index is 1010. The van der Waals surface area contributed by atoms with Gasteiger partial charge in [-0.2, -0.15) is 10.2 Å². The van der Waals surface area contributed by atoms with Crippen molar-refractivity contribution in [1.29, 1.82) is 0 Å². The van der Waals surface area contributed by atoms with E-state index < -0.39 is 0 Å². The van der Waals surface area contributed by atoms with Gasteiger partial charge in [0.1, 0.15) is 0 Å². The monoisotopic (exact) mass is 400 g/mol. The maximum Gasteiger partial charge on any atom is 0.212 e. The third-order valence-electron chi connectivity index (χ3n) is 4.86. The lowest BCUT2D eigenvalue weighted by molar-refractivity contribution is 0.919. The molecule has 2 aromatic rings. The van der Waals surface area contributed by atoms with Gasteiger partial charge in [-0.1, -0.05) is 49.6 Å². The minimum absolute atomic E-state index is 0.679. The minimum atomic E-state index is 0.679. The van der Waals surface area contributed by atoms with Crippen molar-refractivity contribution in [2.75, 3.05) is 26.2 Å². The predicted molar refractivity (Wildman–Crippen MR) is 126 cm³/mol. The summed E-state index contributed by atoms with van der Waals surface area (Å²) in [5.74, 6) is 1.36. The molecule has 2 aliphatic rings. The van der Waals surface area contributed by atoms with Crippen LogP contribution < -0.4 is 21.5 Å². The molecule has 0 aromatic heterocycles. The average molecular weight is 400 g/mol. The number of hydrogen-bond donors (Lipinski definition) is 4. The van der Waals surface area contributed by atoms with Crippen molar-refractivity contribution in [3.63, 3.8) is 0 Å². The summed E-state index contributed by atoms with van der Waals surface area (Å²) in [6.45, 7) is 11.2. The van der Waals surface area contributed by atoms with Crippen molar-refractivity contribution in [2.45, 2.75) is 0 Å². The molecule has 0 spiro atoms. The van der Waals surface area contributed by atoms with Crippen LogP contribution in [-0.4, -0.2) is 50.5 Å². The lowest BCUT2D eigenvalue weighted by Crippen LogP contribution is -2.30. The molecule has 8 heteroatoms. The third kappa shape index (κ3) is 3.93. The summed E-state index contributed by atoms with van der Waals surface area (Å²) in [4.78, 5) is 8.58. The highest BCUT2D eigenvalue weighted by Crippen LogP contribution is 2.30. The van der Waals surface area contributed by atoms with Crippen molar-refractivity contribution >= 4 is 47.3 Å². The van der Waals surface area contributed by atoms with Gasteiger partial charge >= 0.3 is 0 Å². The highest BCUT2D eigenvalue weighted by molar-refractivity contribution is 6.12. The molecule has 0 amide bonds. The Morgan fingerprint density at radius 2 is 1.23 bits per heavy atom. The summed E-state index contributed by atoms with van der Waals surface area (Å²) in [7, 11) is 0. The number of aliphatic imine (C=N–C) groups is 2. The van der Waals surface area contributed by atoms with Gasteiger partial charge in [-0.15, -0.1) is 0 Å². The standard InChI is InChI=1S/C22H24N8/c1-3-15-16(4-2)20(14-28-30-22-25-11-12-26-22)18-8-6-5-7-17(18)19(15)13-27-29-21-23-9-10-24-21/h3-8,13-14H,1-2,9-12H2,(H2,23,24,29)(H2,25,26,30)/b27-13+,28-14+. The van der Waals surface area contributed by atoms with Gasteiger partial charge in [0.25, 0.3) is 0 Å². The summed E-state index contributed by atoms with van der Waals surface area (Å²) < 4.78 is 0. The van der Waals surface area contributed by atoms with Crippen molar-refractivity contribution in [3.8, 4) is 0 Å². The van der Waals surface area contributed by atoms with Crippen LogP contribution in [0.5, 0.6) is 0 Å². The largest absolute Gasteiger partial charge is 0.353 e. The molecule has 2 aliphatic heterocycles. The Labute approximate surface area is 175 Å². The van der Waals surface area contributed by atoms with Crippen LogP contribution in [0.3, 0.4) is 0 Å². The number of rotatable bonds is 6. The summed E-state index contributed by atoms with van der Waals surface area (Å²) >= 11 is 0. The van der Waals surface area contributed by atoms with Crippen LogP contribution in [0.1, 0.15) is 22.3 Å². The van der Waals surface area contributed by atoms with Crippen LogP contribution in [0.25, 0.3) is 22.9 Å². The number of nitrogens with zero attached hydrogens (tertiary/aromatic N) is 4. The van der Waals surface area contributed by atoms with Gasteiger partial charge in [0.2, 0.25) is 11.9 Å². The number of guanidine groups is 2. The van der Waals surface area contributed by atoms with Gasteiger partial charge in [-0.05, 0) is 21.9 Å². The molecule has 0 radical (unpaired) electrons. The highest BCUT2D eigenvalue weighted by atomic mass is 15.4. The first-order valence-corrected chi connectivity index (χ1v) is 9.80. The first-order valence-electron chi connectivity index (χ1n) is 9.80. The molecule has 0 fully saturated rings. The highest BCUT2D eigenvalue weighted by Gasteiger charge is 2.14. The van der Waals surface area contributed by atoms with E-state index in [1.807, 2.05) is 24.3 Å². The molecule has 152 valence electrons. The summed E-state index contributed by atoms with van der Waals surface area (Å²) in [6, 6.07) is 8.14. The van der Waals surface area contributed by atoms with E-state index in [1.54, 1.807) is 12.4 Å². The van der Waals surface area contributed by atoms with Gasteiger partial charge < -0.3 is 10.6 Å². The SMILES string of the molecule is C=Cc1c(C=C)c(/C=N/NC2=NCCN2)c2ccccc2c1/C=N/NC1=NCCN1. The Balaban J connectivity index is 1.76. The molecular weight excluding hydrogens is 376 g/mol. The van der Waals surface area contributed by atoms with Crippen molar-refractivity contribution in [2.24, 2.45) is 20.2 Å². The topological polar surface area (TPSA) is 97.6 Å². The Morgan fingerprint density at radius 3 is 1.60 bits per heavy atom. The summed E-state index contributed by atoms with van der Waals surface area (Å²) in [6.07, 6.45) is 7.24. The van der Waals surface area contributed by atoms with E-state index in [-0.39, 0.29) is 0 Å². The molecule has 0 saturated heterocycles. The van der Waals surface area contributed by atoms with Crippen molar-refractivity contribution in [3.05, 3.63) is 59.7 Å². The molecule has 4 N–H and O–H groups in total. The molecule has 0 atom stereocenters. The fraction of sp³-hybridized carbons (Fsp3) is 0.182. The smallest absolute Gasteiger partial charge is 0.212 e. The zero-order valence-electron chi connectivity index (χ0n) is 16.7. The van der Waals surface area contributed by atoms with E-state index >= 15 is 0 Å². The molecule has 4 rings (SSSR count). The zero-order chi connectivity index (χ0) is 20.8. The molecule has 30 heavy (non-hydrogen) atoms. The second-order valence-corrected chi connectivity index (χ2v) is 6.66. The molecule has 0 saturated carbocycles. The number of benzene rings is 2. The van der Waals surface area contributed by atoms with Gasteiger partial charge in [0.05, 0.1) is 25.5 Å². The van der Waals surface area contributed by atoms with Crippen LogP contribution >= 0.6 is 0 Å². The van der Waals surface area contributed by atoms with Crippen LogP contribution in [0.15, 0.2) is 57.6 Å². The van der Waals surface area contributed by atoms with Crippen LogP contribution in [0, 0.1) is 0 Å². The summed E-state index contributed by atoms with van der Waals surface area (Å²) in [5, 5.41) is 17.1. The number of fused-ring (bicyclic) bond motifs is 1. The molecule has 2 aromatic carbocycles. The second-order valence-electron chi connectivity index (χ2n) is 6.66. The van der Waals surface area contributed by atoms with Gasteiger partial charge in [-0.25, -0.2) is 20.8 Å². The minimum Gasteiger partial charge on any atom is -0.353 e. The maximum atomic E-state index is 4.38. The molecular formula is C22H24N8. The number of hydrazone groups is 2. The van der Waals surface area contributed by atoms with Gasteiger partial charge in [-0.3, -0.25) is 0 Å². The number of hydrogen-bond acceptors (Lipinski definition) is 8. The third-order valence-corrected chi connectivity index (χ3v) is 4.86. The van der Waals surface area contributed by atoms with Gasteiger partial charge in [0, 0.05) is 24.2 Å². The molecule has 0 unspecified atom stereocenters. The Morgan fingerprint density at radius 1 is 0.767 bits per heavy atom. The summed E-state index contributed by atoms with van der Waals surface area (Å²) in [5.41, 5.74) is 9.69. The predicted octanol–water partition coefficient (Wildman–Crippen LogP) is 1.89. The zero-order valence-corrected chi connectivity index (χ0v) is 16.7. The second kappa shape index (κ2) is 9.04. The van der Waals surface area contributed by atoms with Crippen molar-refractivity contribution < 1.29 is 0 Å².